The summed E-state index contributed by atoms with van der Waals surface area (Å²) in [4.78, 5) is 12.1. The van der Waals surface area contributed by atoms with Crippen molar-refractivity contribution in [1.29, 1.82) is 0 Å². The van der Waals surface area contributed by atoms with E-state index in [4.69, 9.17) is 4.74 Å². The van der Waals surface area contributed by atoms with Crippen molar-refractivity contribution in [3.63, 3.8) is 0 Å². The highest BCUT2D eigenvalue weighted by atomic mass is 79.9. The average Bonchev–Trinajstić information content (AvgIpc) is 2.95. The molecule has 0 bridgehead atoms. The van der Waals surface area contributed by atoms with Crippen LogP contribution >= 0.6 is 15.9 Å². The van der Waals surface area contributed by atoms with Crippen LogP contribution in [0.1, 0.15) is 12.8 Å². The van der Waals surface area contributed by atoms with Crippen LogP contribution in [0.4, 0.5) is 5.69 Å². The van der Waals surface area contributed by atoms with Crippen molar-refractivity contribution in [2.75, 3.05) is 30.3 Å². The number of carbonyl (C=O) groups is 1. The fourth-order valence-corrected chi connectivity index (χ4v) is 3.74. The van der Waals surface area contributed by atoms with E-state index in [0.29, 0.717) is 23.3 Å². The van der Waals surface area contributed by atoms with Gasteiger partial charge >= 0.3 is 0 Å². The molecule has 0 aliphatic carbocycles. The van der Waals surface area contributed by atoms with E-state index in [9.17, 15) is 13.2 Å². The third kappa shape index (κ3) is 4.69. The molecule has 1 N–H and O–H groups in total. The highest BCUT2D eigenvalue weighted by Gasteiger charge is 2.23. The first-order valence-corrected chi connectivity index (χ1v) is 9.62. The Morgan fingerprint density at radius 2 is 2.18 bits per heavy atom. The lowest BCUT2D eigenvalue weighted by Gasteiger charge is -2.23. The van der Waals surface area contributed by atoms with Crippen molar-refractivity contribution >= 4 is 37.5 Å². The Morgan fingerprint density at radius 3 is 2.77 bits per heavy atom. The molecule has 2 rings (SSSR count). The highest BCUT2D eigenvalue weighted by molar-refractivity contribution is 9.10. The summed E-state index contributed by atoms with van der Waals surface area (Å²) in [5.41, 5.74) is 0.442. The first-order chi connectivity index (χ1) is 10.4. The van der Waals surface area contributed by atoms with Crippen LogP contribution in [0.2, 0.25) is 0 Å². The largest absolute Gasteiger partial charge is 0.376 e. The van der Waals surface area contributed by atoms with Crippen molar-refractivity contribution < 1.29 is 17.9 Å². The maximum Gasteiger partial charge on any atom is 0.240 e. The molecule has 0 saturated carbocycles. The molecule has 1 amide bonds. The number of halogens is 1. The second-order valence-electron chi connectivity index (χ2n) is 5.16. The Balaban J connectivity index is 2.04. The minimum atomic E-state index is -3.56. The molecule has 1 saturated heterocycles. The monoisotopic (exact) mass is 390 g/mol. The first-order valence-electron chi connectivity index (χ1n) is 6.98. The van der Waals surface area contributed by atoms with Crippen LogP contribution in [0, 0.1) is 0 Å². The van der Waals surface area contributed by atoms with Gasteiger partial charge in [0.25, 0.3) is 0 Å². The maximum atomic E-state index is 12.1. The summed E-state index contributed by atoms with van der Waals surface area (Å²) in [6.45, 7) is 0.869. The molecule has 1 atom stereocenters. The third-order valence-corrected chi connectivity index (χ3v) is 5.16. The van der Waals surface area contributed by atoms with Gasteiger partial charge in [-0.25, -0.2) is 8.42 Å². The number of sulfonamides is 1. The van der Waals surface area contributed by atoms with Crippen LogP contribution in [-0.4, -0.2) is 46.4 Å². The normalized spacial score (nSPS) is 18.2. The molecule has 6 nitrogen and oxygen atoms in total. The summed E-state index contributed by atoms with van der Waals surface area (Å²) >= 11 is 3.31. The number of carbonyl (C=O) groups excluding carboxylic acids is 1. The Kier molecular flexibility index (Phi) is 5.82. The van der Waals surface area contributed by atoms with E-state index in [0.717, 1.165) is 23.4 Å². The molecule has 1 heterocycles. The molecule has 1 fully saturated rings. The second-order valence-corrected chi connectivity index (χ2v) is 7.92. The minimum Gasteiger partial charge on any atom is -0.376 e. The zero-order valence-electron chi connectivity index (χ0n) is 12.3. The number of rotatable bonds is 6. The number of para-hydroxylation sites is 1. The van der Waals surface area contributed by atoms with Gasteiger partial charge in [-0.15, -0.1) is 0 Å². The Hall–Kier alpha value is -1.12. The quantitative estimate of drug-likeness (QED) is 0.798. The fraction of sp³-hybridized carbons (Fsp3) is 0.500. The van der Waals surface area contributed by atoms with E-state index in [1.165, 1.54) is 0 Å². The van der Waals surface area contributed by atoms with Gasteiger partial charge in [-0.3, -0.25) is 9.10 Å². The predicted octanol–water partition coefficient (Wildman–Crippen LogP) is 1.51. The smallest absolute Gasteiger partial charge is 0.240 e. The summed E-state index contributed by atoms with van der Waals surface area (Å²) in [7, 11) is -3.56. The maximum absolute atomic E-state index is 12.1. The average molecular weight is 391 g/mol. The van der Waals surface area contributed by atoms with Crippen molar-refractivity contribution in [1.82, 2.24) is 5.32 Å². The van der Waals surface area contributed by atoms with Gasteiger partial charge in [-0.2, -0.15) is 0 Å². The molecule has 8 heteroatoms. The molecule has 1 aromatic carbocycles. The van der Waals surface area contributed by atoms with E-state index < -0.39 is 10.0 Å². The number of amides is 1. The molecule has 1 aromatic rings. The lowest BCUT2D eigenvalue weighted by atomic mass is 10.2. The molecular weight excluding hydrogens is 372 g/mol. The number of ether oxygens (including phenoxy) is 1. The zero-order chi connectivity index (χ0) is 16.2. The first kappa shape index (κ1) is 17.2. The number of nitrogens with zero attached hydrogens (tertiary/aromatic N) is 1. The van der Waals surface area contributed by atoms with Crippen LogP contribution < -0.4 is 9.62 Å². The molecule has 0 unspecified atom stereocenters. The molecule has 0 radical (unpaired) electrons. The molecule has 22 heavy (non-hydrogen) atoms. The number of benzene rings is 1. The lowest BCUT2D eigenvalue weighted by Crippen LogP contribution is -2.42. The van der Waals surface area contributed by atoms with Gasteiger partial charge in [-0.05, 0) is 40.9 Å². The fourth-order valence-electron chi connectivity index (χ4n) is 2.25. The van der Waals surface area contributed by atoms with Gasteiger partial charge in [0.2, 0.25) is 15.9 Å². The molecule has 1 aliphatic rings. The summed E-state index contributed by atoms with van der Waals surface area (Å²) in [6.07, 6.45) is 3.02. The Morgan fingerprint density at radius 1 is 1.45 bits per heavy atom. The van der Waals surface area contributed by atoms with Crippen LogP contribution in [-0.2, 0) is 19.6 Å². The molecule has 0 spiro atoms. The number of nitrogens with one attached hydrogen (secondary N) is 1. The number of hydrogen-bond acceptors (Lipinski definition) is 4. The van der Waals surface area contributed by atoms with E-state index in [1.807, 2.05) is 0 Å². The molecule has 122 valence electrons. The third-order valence-electron chi connectivity index (χ3n) is 3.36. The summed E-state index contributed by atoms with van der Waals surface area (Å²) in [5.74, 6) is -0.350. The molecule has 1 aliphatic heterocycles. The lowest BCUT2D eigenvalue weighted by molar-refractivity contribution is -0.120. The van der Waals surface area contributed by atoms with E-state index in [2.05, 4.69) is 21.2 Å². The number of hydrogen-bond donors (Lipinski definition) is 1. The standard InChI is InChI=1S/C14H19BrN2O4S/c1-22(19,20)17(13-7-3-2-6-12(13)15)10-14(18)16-9-11-5-4-8-21-11/h2-3,6-7,11H,4-5,8-10H2,1H3,(H,16,18)/t11-/m1/s1. The minimum absolute atomic E-state index is 0.0269. The second kappa shape index (κ2) is 7.43. The van der Waals surface area contributed by atoms with E-state index in [1.54, 1.807) is 24.3 Å². The topological polar surface area (TPSA) is 75.7 Å². The van der Waals surface area contributed by atoms with Crippen molar-refractivity contribution in [3.05, 3.63) is 28.7 Å². The van der Waals surface area contributed by atoms with E-state index >= 15 is 0 Å². The summed E-state index contributed by atoms with van der Waals surface area (Å²) in [5, 5.41) is 2.73. The van der Waals surface area contributed by atoms with Crippen LogP contribution in [0.5, 0.6) is 0 Å². The molecule has 0 aromatic heterocycles. The van der Waals surface area contributed by atoms with Crippen LogP contribution in [0.3, 0.4) is 0 Å². The van der Waals surface area contributed by atoms with Crippen molar-refractivity contribution in [2.45, 2.75) is 18.9 Å². The van der Waals surface area contributed by atoms with Crippen molar-refractivity contribution in [2.24, 2.45) is 0 Å². The predicted molar refractivity (Wildman–Crippen MR) is 88.3 cm³/mol. The van der Waals surface area contributed by atoms with Gasteiger partial charge in [0, 0.05) is 17.6 Å². The van der Waals surface area contributed by atoms with Gasteiger partial charge in [-0.1, -0.05) is 12.1 Å². The van der Waals surface area contributed by atoms with E-state index in [-0.39, 0.29) is 18.6 Å². The summed E-state index contributed by atoms with van der Waals surface area (Å²) in [6, 6.07) is 6.89. The Labute approximate surface area is 139 Å². The molecular formula is C14H19BrN2O4S. The van der Waals surface area contributed by atoms with Gasteiger partial charge < -0.3 is 10.1 Å². The zero-order valence-corrected chi connectivity index (χ0v) is 14.7. The van der Waals surface area contributed by atoms with Crippen LogP contribution in [0.15, 0.2) is 28.7 Å². The number of anilines is 1. The van der Waals surface area contributed by atoms with Crippen molar-refractivity contribution in [3.8, 4) is 0 Å². The van der Waals surface area contributed by atoms with Gasteiger partial charge in [0.05, 0.1) is 18.0 Å². The van der Waals surface area contributed by atoms with Gasteiger partial charge in [0.1, 0.15) is 6.54 Å². The summed E-state index contributed by atoms with van der Waals surface area (Å²) < 4.78 is 31.1. The highest BCUT2D eigenvalue weighted by Crippen LogP contribution is 2.27. The Bertz CT molecular complexity index is 629. The van der Waals surface area contributed by atoms with Gasteiger partial charge in [0.15, 0.2) is 0 Å². The van der Waals surface area contributed by atoms with Crippen LogP contribution in [0.25, 0.3) is 0 Å². The SMILES string of the molecule is CS(=O)(=O)N(CC(=O)NC[C@H]1CCCO1)c1ccccc1Br.